The summed E-state index contributed by atoms with van der Waals surface area (Å²) >= 11 is 6.18. The number of aliphatic hydroxyl groups is 1. The zero-order valence-electron chi connectivity index (χ0n) is 40.8. The van der Waals surface area contributed by atoms with Gasteiger partial charge in [-0.15, -0.1) is 0 Å². The molecule has 3 aromatic heterocycles. The molecular weight excluding hydrogens is 902 g/mol. The lowest BCUT2D eigenvalue weighted by Gasteiger charge is -2.39. The molecule has 0 bridgehead atoms. The molecule has 0 unspecified atom stereocenters. The highest BCUT2D eigenvalue weighted by Crippen LogP contribution is 2.31. The first-order valence-electron chi connectivity index (χ1n) is 25.9. The van der Waals surface area contributed by atoms with Crippen molar-refractivity contribution in [3.63, 3.8) is 0 Å². The second kappa shape index (κ2) is 24.0. The highest BCUT2D eigenvalue weighted by Gasteiger charge is 2.28. The van der Waals surface area contributed by atoms with Crippen LogP contribution >= 0.6 is 11.6 Å². The van der Waals surface area contributed by atoms with Crippen molar-refractivity contribution in [1.29, 1.82) is 5.26 Å². The van der Waals surface area contributed by atoms with Gasteiger partial charge in [0.1, 0.15) is 23.5 Å². The van der Waals surface area contributed by atoms with Crippen LogP contribution in [0.4, 0.5) is 17.3 Å². The van der Waals surface area contributed by atoms with Gasteiger partial charge in [0.25, 0.3) is 5.91 Å². The average Bonchev–Trinajstić information content (AvgIpc) is 3.82. The molecule has 0 spiro atoms. The number of halogens is 1. The van der Waals surface area contributed by atoms with Crippen molar-refractivity contribution in [2.75, 3.05) is 87.2 Å². The normalized spacial score (nSPS) is 20.6. The Bertz CT molecular complexity index is 2510. The number of piperazine rings is 1. The predicted molar refractivity (Wildman–Crippen MR) is 275 cm³/mol. The molecule has 15 nitrogen and oxygen atoms in total. The smallest absolute Gasteiger partial charge is 0.251 e. The number of aryl methyl sites for hydroxylation is 1. The molecule has 1 amide bonds. The first-order valence-corrected chi connectivity index (χ1v) is 26.2. The second-order valence-electron chi connectivity index (χ2n) is 19.6. The van der Waals surface area contributed by atoms with E-state index in [1.54, 1.807) is 18.2 Å². The highest BCUT2D eigenvalue weighted by molar-refractivity contribution is 6.31. The number of nitrogens with zero attached hydrogens (tertiary/aromatic N) is 9. The maximum atomic E-state index is 13.2. The van der Waals surface area contributed by atoms with Crippen LogP contribution in [-0.2, 0) is 13.0 Å². The van der Waals surface area contributed by atoms with E-state index >= 15 is 0 Å². The Balaban J connectivity index is 0.638. The fourth-order valence-corrected chi connectivity index (χ4v) is 10.9. The zero-order chi connectivity index (χ0) is 48.2. The lowest BCUT2D eigenvalue weighted by molar-refractivity contribution is 0.0894. The van der Waals surface area contributed by atoms with Gasteiger partial charge in [-0.05, 0) is 125 Å². The third-order valence-electron chi connectivity index (χ3n) is 14.9. The predicted octanol–water partition coefficient (Wildman–Crippen LogP) is 7.99. The van der Waals surface area contributed by atoms with Crippen LogP contribution in [0.25, 0.3) is 5.65 Å². The summed E-state index contributed by atoms with van der Waals surface area (Å²) in [5.74, 6) is 3.85. The van der Waals surface area contributed by atoms with E-state index in [1.165, 1.54) is 31.5 Å². The van der Waals surface area contributed by atoms with Crippen molar-refractivity contribution < 1.29 is 19.4 Å². The number of rotatable bonds is 19. The number of nitriles is 1. The van der Waals surface area contributed by atoms with Crippen LogP contribution in [0.5, 0.6) is 11.6 Å². The summed E-state index contributed by atoms with van der Waals surface area (Å²) < 4.78 is 14.1. The first-order chi connectivity index (χ1) is 34.3. The standard InChI is InChI=1S/C54H70ClN11O4/c1-2-41-37-59-66-50(33-51(61-53(41)66)65-23-4-3-6-46(65)21-30-67)57-35-40-7-18-52(58-36-40)69-31-5-22-62-26-28-63(29-27-62)38-39-19-24-64(25-20-39)45-13-8-42(9-14-45)54(68)60-44-11-16-47(17-12-44)70-48-15-10-43(34-56)49(55)32-48/h7-10,13-15,18,32-33,36-37,39,44,46-47,57,67H,2-6,11-12,16-17,19-31,35,38H2,1H3,(H,60,68)/t44?,46-,47?/m1/s1. The van der Waals surface area contributed by atoms with Gasteiger partial charge in [-0.3, -0.25) is 4.79 Å². The molecule has 4 fully saturated rings. The van der Waals surface area contributed by atoms with Gasteiger partial charge in [0.15, 0.2) is 5.65 Å². The fraction of sp³-hybridized carbons (Fsp3) is 0.537. The highest BCUT2D eigenvalue weighted by atomic mass is 35.5. The Hall–Kier alpha value is -5.66. The SMILES string of the molecule is CCc1cnn2c(NCc3ccc(OCCCN4CCN(CC5CCN(c6ccc(C(=O)NC7CCC(Oc8ccc(C#N)c(Cl)c8)CC7)cc6)CC5)CC4)nc3)cc(N3CCCC[C@@H]3CCO)nc12. The van der Waals surface area contributed by atoms with Crippen molar-refractivity contribution in [1.82, 2.24) is 34.7 Å². The maximum absolute atomic E-state index is 13.2. The molecule has 6 heterocycles. The van der Waals surface area contributed by atoms with Crippen molar-refractivity contribution in [3.8, 4) is 17.7 Å². The van der Waals surface area contributed by atoms with Crippen LogP contribution < -0.4 is 29.9 Å². The number of pyridine rings is 1. The van der Waals surface area contributed by atoms with Crippen LogP contribution in [0.3, 0.4) is 0 Å². The van der Waals surface area contributed by atoms with Gasteiger partial charge in [0, 0.05) is 125 Å². The molecule has 9 rings (SSSR count). The molecule has 4 aliphatic rings. The van der Waals surface area contributed by atoms with E-state index in [0.29, 0.717) is 52.9 Å². The molecular formula is C54H70ClN11O4. The van der Waals surface area contributed by atoms with E-state index in [4.69, 9.17) is 31.3 Å². The Kier molecular flexibility index (Phi) is 16.9. The topological polar surface area (TPSA) is 160 Å². The summed E-state index contributed by atoms with van der Waals surface area (Å²) in [6.07, 6.45) is 15.6. The maximum Gasteiger partial charge on any atom is 0.251 e. The summed E-state index contributed by atoms with van der Waals surface area (Å²) in [7, 11) is 0. The van der Waals surface area contributed by atoms with Gasteiger partial charge >= 0.3 is 0 Å². The van der Waals surface area contributed by atoms with E-state index in [2.05, 4.69) is 77.6 Å². The number of hydrogen-bond acceptors (Lipinski definition) is 13. The molecule has 3 N–H and O–H groups in total. The van der Waals surface area contributed by atoms with E-state index in [9.17, 15) is 9.90 Å². The third kappa shape index (κ3) is 12.6. The number of aromatic nitrogens is 4. The summed E-state index contributed by atoms with van der Waals surface area (Å²) in [6, 6.07) is 21.9. The quantitative estimate of drug-likeness (QED) is 0.0685. The van der Waals surface area contributed by atoms with Crippen LogP contribution in [-0.4, -0.2) is 131 Å². The summed E-state index contributed by atoms with van der Waals surface area (Å²) in [4.78, 5) is 32.9. The van der Waals surface area contributed by atoms with Crippen LogP contribution in [0.2, 0.25) is 5.02 Å². The number of carbonyl (C=O) groups excluding carboxylic acids is 1. The van der Waals surface area contributed by atoms with Crippen LogP contribution in [0.15, 0.2) is 73.1 Å². The molecule has 3 saturated heterocycles. The van der Waals surface area contributed by atoms with E-state index < -0.39 is 0 Å². The molecule has 0 radical (unpaired) electrons. The molecule has 5 aromatic rings. The molecule has 372 valence electrons. The molecule has 1 aliphatic carbocycles. The van der Waals surface area contributed by atoms with Crippen molar-refractivity contribution in [2.24, 2.45) is 5.92 Å². The number of carbonyl (C=O) groups is 1. The van der Waals surface area contributed by atoms with Gasteiger partial charge in [-0.1, -0.05) is 24.6 Å². The summed E-state index contributed by atoms with van der Waals surface area (Å²) in [5.41, 5.74) is 5.38. The van der Waals surface area contributed by atoms with Gasteiger partial charge in [-0.2, -0.15) is 14.9 Å². The number of hydrogen-bond donors (Lipinski definition) is 3. The number of nitrogens with one attached hydrogen (secondary N) is 2. The number of ether oxygens (including phenoxy) is 2. The summed E-state index contributed by atoms with van der Waals surface area (Å²) in [5, 5.41) is 30.8. The van der Waals surface area contributed by atoms with Gasteiger partial charge < -0.3 is 44.8 Å². The number of benzene rings is 2. The second-order valence-corrected chi connectivity index (χ2v) is 20.0. The number of piperidine rings is 2. The lowest BCUT2D eigenvalue weighted by atomic mass is 9.92. The first kappa shape index (κ1) is 49.3. The van der Waals surface area contributed by atoms with Crippen LogP contribution in [0.1, 0.15) is 105 Å². The van der Waals surface area contributed by atoms with Crippen molar-refractivity contribution in [2.45, 2.75) is 109 Å². The number of aliphatic hydroxyl groups excluding tert-OH is 1. The Morgan fingerprint density at radius 2 is 1.70 bits per heavy atom. The van der Waals surface area contributed by atoms with Gasteiger partial charge in [-0.25, -0.2) is 9.97 Å². The minimum Gasteiger partial charge on any atom is -0.490 e. The Morgan fingerprint density at radius 1 is 0.900 bits per heavy atom. The fourth-order valence-electron chi connectivity index (χ4n) is 10.7. The minimum absolute atomic E-state index is 0.0213. The Morgan fingerprint density at radius 3 is 2.43 bits per heavy atom. The third-order valence-corrected chi connectivity index (χ3v) is 15.2. The van der Waals surface area contributed by atoms with Crippen LogP contribution in [0, 0.1) is 17.2 Å². The number of fused-ring (bicyclic) bond motifs is 1. The zero-order valence-corrected chi connectivity index (χ0v) is 41.5. The van der Waals surface area contributed by atoms with Crippen molar-refractivity contribution in [3.05, 3.63) is 100 Å². The lowest BCUT2D eigenvalue weighted by Crippen LogP contribution is -2.49. The van der Waals surface area contributed by atoms with Gasteiger partial charge in [0.05, 0.1) is 29.5 Å². The minimum atomic E-state index is -0.0213. The van der Waals surface area contributed by atoms with E-state index in [0.717, 1.165) is 139 Å². The molecule has 3 aliphatic heterocycles. The molecule has 1 saturated carbocycles. The Labute approximate surface area is 418 Å². The van der Waals surface area contributed by atoms with E-state index in [-0.39, 0.29) is 24.7 Å². The molecule has 2 aromatic carbocycles. The van der Waals surface area contributed by atoms with E-state index in [1.807, 2.05) is 35.1 Å². The number of anilines is 3. The largest absolute Gasteiger partial charge is 0.490 e. The number of amides is 1. The monoisotopic (exact) mass is 972 g/mol. The van der Waals surface area contributed by atoms with Gasteiger partial charge in [0.2, 0.25) is 5.88 Å². The molecule has 1 atom stereocenters. The van der Waals surface area contributed by atoms with Crippen molar-refractivity contribution >= 4 is 40.5 Å². The molecule has 16 heteroatoms. The summed E-state index contributed by atoms with van der Waals surface area (Å²) in [6.45, 7) is 13.2. The molecule has 70 heavy (non-hydrogen) atoms. The average molecular weight is 973 g/mol.